The van der Waals surface area contributed by atoms with Crippen molar-refractivity contribution in [2.75, 3.05) is 0 Å². The molecule has 9 heteroatoms. The van der Waals surface area contributed by atoms with Crippen LogP contribution in [-0.4, -0.2) is 58.6 Å². The molecule has 0 amide bonds. The van der Waals surface area contributed by atoms with Gasteiger partial charge in [-0.25, -0.2) is 9.59 Å². The lowest BCUT2D eigenvalue weighted by atomic mass is 10.2. The number of benzene rings is 2. The molecule has 0 spiro atoms. The summed E-state index contributed by atoms with van der Waals surface area (Å²) in [5, 5.41) is 18.5. The smallest absolute Gasteiger partial charge is 0.330 e. The average molecular weight is 541 g/mol. The van der Waals surface area contributed by atoms with E-state index in [9.17, 15) is 19.5 Å². The number of esters is 2. The lowest BCUT2D eigenvalue weighted by Gasteiger charge is -2.23. The maximum Gasteiger partial charge on any atom is 0.330 e. The summed E-state index contributed by atoms with van der Waals surface area (Å²) < 4.78 is 22.6. The monoisotopic (exact) mass is 540 g/mol. The number of hydrogen-bond donors (Lipinski definition) is 2. The summed E-state index contributed by atoms with van der Waals surface area (Å²) in [5.41, 5.74) is 1.76. The molecule has 0 fully saturated rings. The quantitative estimate of drug-likeness (QED) is 0.240. The summed E-state index contributed by atoms with van der Waals surface area (Å²) in [6.07, 6.45) is 0.654. The van der Waals surface area contributed by atoms with E-state index < -0.39 is 48.4 Å². The predicted molar refractivity (Wildman–Crippen MR) is 143 cm³/mol. The summed E-state index contributed by atoms with van der Waals surface area (Å²) in [4.78, 5) is 35.7. The van der Waals surface area contributed by atoms with Crippen LogP contribution < -0.4 is 0 Å². The van der Waals surface area contributed by atoms with E-state index in [2.05, 4.69) is 0 Å². The topological polar surface area (TPSA) is 129 Å². The fourth-order valence-corrected chi connectivity index (χ4v) is 3.43. The number of rotatable bonds is 16. The first kappa shape index (κ1) is 31.4. The van der Waals surface area contributed by atoms with Crippen molar-refractivity contribution >= 4 is 17.9 Å². The van der Waals surface area contributed by atoms with Crippen LogP contribution in [0.3, 0.4) is 0 Å². The number of ether oxygens (including phenoxy) is 4. The van der Waals surface area contributed by atoms with Gasteiger partial charge in [-0.3, -0.25) is 4.79 Å². The first-order valence-electron chi connectivity index (χ1n) is 12.6. The summed E-state index contributed by atoms with van der Waals surface area (Å²) in [7, 11) is 0. The van der Waals surface area contributed by atoms with Crippen LogP contribution in [0.25, 0.3) is 0 Å². The minimum atomic E-state index is -1.15. The van der Waals surface area contributed by atoms with E-state index in [1.165, 1.54) is 25.2 Å². The first-order chi connectivity index (χ1) is 18.6. The highest BCUT2D eigenvalue weighted by atomic mass is 16.6. The van der Waals surface area contributed by atoms with E-state index in [0.717, 1.165) is 17.2 Å². The highest BCUT2D eigenvalue weighted by molar-refractivity contribution is 5.82. The Morgan fingerprint density at radius 2 is 1.21 bits per heavy atom. The number of aliphatic hydroxyl groups is 1. The Morgan fingerprint density at radius 3 is 1.67 bits per heavy atom. The molecule has 5 atom stereocenters. The highest BCUT2D eigenvalue weighted by Gasteiger charge is 2.23. The number of aliphatic carboxylic acids is 1. The van der Waals surface area contributed by atoms with Crippen molar-refractivity contribution < 1.29 is 43.5 Å². The van der Waals surface area contributed by atoms with Crippen LogP contribution in [0.1, 0.15) is 38.3 Å². The molecule has 9 nitrogen and oxygen atoms in total. The molecule has 2 rings (SSSR count). The van der Waals surface area contributed by atoms with Crippen LogP contribution in [0.2, 0.25) is 0 Å². The van der Waals surface area contributed by atoms with Crippen molar-refractivity contribution in [2.24, 2.45) is 0 Å². The second kappa shape index (κ2) is 16.9. The Kier molecular flexibility index (Phi) is 13.6. The van der Waals surface area contributed by atoms with Gasteiger partial charge in [-0.05, 0) is 44.1 Å². The van der Waals surface area contributed by atoms with Crippen molar-refractivity contribution in [1.29, 1.82) is 0 Å². The Labute approximate surface area is 228 Å². The van der Waals surface area contributed by atoms with Crippen LogP contribution in [0.15, 0.2) is 85.0 Å². The Morgan fingerprint density at radius 1 is 0.744 bits per heavy atom. The summed E-state index contributed by atoms with van der Waals surface area (Å²) in [6, 6.07) is 18.7. The van der Waals surface area contributed by atoms with Crippen LogP contribution >= 0.6 is 0 Å². The second-order valence-electron chi connectivity index (χ2n) is 8.97. The summed E-state index contributed by atoms with van der Waals surface area (Å²) in [5.74, 6) is -2.46. The molecule has 2 N–H and O–H groups in total. The van der Waals surface area contributed by atoms with E-state index in [0.29, 0.717) is 0 Å². The molecule has 39 heavy (non-hydrogen) atoms. The van der Waals surface area contributed by atoms with Crippen LogP contribution in [0.4, 0.5) is 0 Å². The molecule has 0 heterocycles. The second-order valence-corrected chi connectivity index (χ2v) is 8.97. The number of hydrogen-bond acceptors (Lipinski definition) is 8. The van der Waals surface area contributed by atoms with E-state index in [1.807, 2.05) is 60.7 Å². The zero-order chi connectivity index (χ0) is 28.6. The van der Waals surface area contributed by atoms with Gasteiger partial charge in [0.25, 0.3) is 0 Å². The lowest BCUT2D eigenvalue weighted by Crippen LogP contribution is -2.31. The van der Waals surface area contributed by atoms with Crippen molar-refractivity contribution in [3.63, 3.8) is 0 Å². The molecule has 0 bridgehead atoms. The maximum absolute atomic E-state index is 12.6. The van der Waals surface area contributed by atoms with Crippen molar-refractivity contribution in [2.45, 2.75) is 70.9 Å². The lowest BCUT2D eigenvalue weighted by molar-refractivity contribution is -0.156. The van der Waals surface area contributed by atoms with Crippen LogP contribution in [-0.2, 0) is 46.5 Å². The third kappa shape index (κ3) is 13.0. The molecule has 0 radical (unpaired) electrons. The molecule has 0 aliphatic rings. The summed E-state index contributed by atoms with van der Waals surface area (Å²) in [6.45, 7) is 5.09. The highest BCUT2D eigenvalue weighted by Crippen LogP contribution is 2.14. The zero-order valence-corrected chi connectivity index (χ0v) is 22.3. The molecule has 0 unspecified atom stereocenters. The fourth-order valence-electron chi connectivity index (χ4n) is 3.43. The molecule has 0 aliphatic heterocycles. The Bertz CT molecular complexity index is 1080. The van der Waals surface area contributed by atoms with Crippen molar-refractivity contribution in [3.8, 4) is 0 Å². The van der Waals surface area contributed by atoms with Gasteiger partial charge in [-0.2, -0.15) is 0 Å². The molecule has 0 saturated heterocycles. The molecule has 0 aromatic heterocycles. The van der Waals surface area contributed by atoms with Gasteiger partial charge in [0.05, 0.1) is 25.7 Å². The number of carbonyl (C=O) groups excluding carboxylic acids is 2. The predicted octanol–water partition coefficient (Wildman–Crippen LogP) is 3.99. The molecule has 210 valence electrons. The first-order valence-corrected chi connectivity index (χ1v) is 12.6. The van der Waals surface area contributed by atoms with E-state index >= 15 is 0 Å². The molecule has 2 aromatic rings. The maximum atomic E-state index is 12.6. The van der Waals surface area contributed by atoms with Gasteiger partial charge < -0.3 is 29.2 Å². The number of carbonyl (C=O) groups is 3. The largest absolute Gasteiger partial charge is 0.478 e. The van der Waals surface area contributed by atoms with Gasteiger partial charge in [0.1, 0.15) is 24.4 Å². The summed E-state index contributed by atoms with van der Waals surface area (Å²) >= 11 is 0. The van der Waals surface area contributed by atoms with Gasteiger partial charge in [0.2, 0.25) is 0 Å². The van der Waals surface area contributed by atoms with Gasteiger partial charge in [-0.15, -0.1) is 0 Å². The number of aliphatic hydroxyl groups excluding tert-OH is 1. The minimum absolute atomic E-state index is 0.173. The van der Waals surface area contributed by atoms with Crippen LogP contribution in [0.5, 0.6) is 0 Å². The van der Waals surface area contributed by atoms with Gasteiger partial charge in [0, 0.05) is 12.2 Å². The number of carboxylic acids is 1. The average Bonchev–Trinajstić information content (AvgIpc) is 2.89. The van der Waals surface area contributed by atoms with E-state index in [1.54, 1.807) is 13.8 Å². The molecular formula is C30H36O9. The van der Waals surface area contributed by atoms with Crippen molar-refractivity contribution in [3.05, 3.63) is 96.1 Å². The number of carboxylic acid groups (broad SMARTS) is 1. The molecule has 2 aromatic carbocycles. The van der Waals surface area contributed by atoms with Crippen molar-refractivity contribution in [1.82, 2.24) is 0 Å². The Balaban J connectivity index is 2.06. The van der Waals surface area contributed by atoms with Gasteiger partial charge in [-0.1, -0.05) is 60.7 Å². The molecule has 0 saturated carbocycles. The van der Waals surface area contributed by atoms with E-state index in [4.69, 9.17) is 24.1 Å². The van der Waals surface area contributed by atoms with Gasteiger partial charge >= 0.3 is 17.9 Å². The Hall–Kier alpha value is -3.79. The molecular weight excluding hydrogens is 504 g/mol. The van der Waals surface area contributed by atoms with Gasteiger partial charge in [0.15, 0.2) is 0 Å². The third-order valence-corrected chi connectivity index (χ3v) is 5.43. The zero-order valence-electron chi connectivity index (χ0n) is 22.3. The van der Waals surface area contributed by atoms with Crippen LogP contribution in [0, 0.1) is 0 Å². The minimum Gasteiger partial charge on any atom is -0.478 e. The fraction of sp³-hybridized carbons (Fsp3) is 0.367. The molecule has 0 aliphatic carbocycles. The third-order valence-electron chi connectivity index (χ3n) is 5.43. The standard InChI is InChI=1S/C30H36O9/c1-21(31)18-30(35)39-23(3)27(37-20-25-12-8-5-9-13-25)15-17-29(34)38-22(2)26(14-16-28(32)33)36-19-24-10-6-4-7-11-24/h4-17,21-23,26-27,31H,18-20H2,1-3H3,(H,32,33)/b16-14+,17-15+/t21-,22-,23-,26+,27+/m0/s1. The SMILES string of the molecule is C[C@H](O)CC(=O)O[C@@H](C)[C@@H](/C=C/C(=O)O[C@@H](C)[C@@H](/C=C/C(=O)O)OCc1ccccc1)OCc1ccccc1. The normalized spacial score (nSPS) is 15.4. The van der Waals surface area contributed by atoms with E-state index in [-0.39, 0.29) is 19.6 Å².